The second-order valence-electron chi connectivity index (χ2n) is 4.92. The second-order valence-corrected chi connectivity index (χ2v) is 6.67. The van der Waals surface area contributed by atoms with Crippen LogP contribution in [0, 0.1) is 11.8 Å². The van der Waals surface area contributed by atoms with Gasteiger partial charge in [-0.2, -0.15) is 0 Å². The molecule has 0 aromatic carbocycles. The van der Waals surface area contributed by atoms with Crippen LogP contribution in [0.15, 0.2) is 0 Å². The van der Waals surface area contributed by atoms with Gasteiger partial charge in [0.2, 0.25) is 0 Å². The molecule has 0 aromatic rings. The maximum absolute atomic E-state index is 5.93. The molecule has 1 nitrogen and oxygen atoms in total. The second kappa shape index (κ2) is 5.15. The number of halogens is 1. The first-order valence-corrected chi connectivity index (χ1v) is 7.30. The Morgan fingerprint density at radius 2 is 1.79 bits per heavy atom. The first-order valence-electron chi connectivity index (χ1n) is 6.05. The average molecular weight is 308 g/mol. The van der Waals surface area contributed by atoms with E-state index in [0.717, 1.165) is 11.8 Å². The average Bonchev–Trinajstić information content (AvgIpc) is 2.17. The zero-order chi connectivity index (χ0) is 9.97. The zero-order valence-corrected chi connectivity index (χ0v) is 11.2. The van der Waals surface area contributed by atoms with Gasteiger partial charge < -0.3 is 4.74 Å². The number of fused-ring (bicyclic) bond motifs is 1. The molecule has 82 valence electrons. The van der Waals surface area contributed by atoms with Crippen molar-refractivity contribution in [1.29, 1.82) is 0 Å². The molecule has 2 aliphatic rings. The van der Waals surface area contributed by atoms with Crippen LogP contribution in [0.1, 0.15) is 51.9 Å². The predicted octanol–water partition coefficient (Wildman–Crippen LogP) is 4.14. The van der Waals surface area contributed by atoms with Crippen LogP contribution in [0.3, 0.4) is 0 Å². The van der Waals surface area contributed by atoms with Gasteiger partial charge in [-0.3, -0.25) is 0 Å². The lowest BCUT2D eigenvalue weighted by Gasteiger charge is -2.39. The van der Waals surface area contributed by atoms with E-state index in [9.17, 15) is 0 Å². The lowest BCUT2D eigenvalue weighted by atomic mass is 9.70. The maximum atomic E-state index is 5.93. The van der Waals surface area contributed by atoms with E-state index in [0.29, 0.717) is 10.2 Å². The van der Waals surface area contributed by atoms with E-state index in [2.05, 4.69) is 29.5 Å². The molecule has 2 heteroatoms. The van der Waals surface area contributed by atoms with Crippen molar-refractivity contribution in [3.05, 3.63) is 0 Å². The highest BCUT2D eigenvalue weighted by atomic mass is 127. The molecular formula is C12H21IO. The summed E-state index contributed by atoms with van der Waals surface area (Å²) < 4.78 is 6.31. The molecule has 4 atom stereocenters. The fourth-order valence-corrected chi connectivity index (χ4v) is 3.63. The molecule has 0 N–H and O–H groups in total. The number of alkyl halides is 1. The van der Waals surface area contributed by atoms with Gasteiger partial charge in [-0.1, -0.05) is 48.3 Å². The summed E-state index contributed by atoms with van der Waals surface area (Å²) in [5.41, 5.74) is 0. The van der Waals surface area contributed by atoms with Crippen molar-refractivity contribution >= 4 is 22.6 Å². The zero-order valence-electron chi connectivity index (χ0n) is 9.05. The van der Waals surface area contributed by atoms with Crippen LogP contribution < -0.4 is 0 Å². The molecular weight excluding hydrogens is 287 g/mol. The van der Waals surface area contributed by atoms with Crippen molar-refractivity contribution in [3.63, 3.8) is 0 Å². The topological polar surface area (TPSA) is 9.23 Å². The minimum absolute atomic E-state index is 0.387. The SMILES string of the molecule is CC(I)OC1CCC2CCCCC2C1. The number of hydrogen-bond donors (Lipinski definition) is 0. The summed E-state index contributed by atoms with van der Waals surface area (Å²) >= 11 is 2.37. The normalized spacial score (nSPS) is 40.3. The highest BCUT2D eigenvalue weighted by molar-refractivity contribution is 14.1. The van der Waals surface area contributed by atoms with Crippen LogP contribution in [0.25, 0.3) is 0 Å². The van der Waals surface area contributed by atoms with Crippen LogP contribution in [0.4, 0.5) is 0 Å². The summed E-state index contributed by atoms with van der Waals surface area (Å²) in [6, 6.07) is 0. The Morgan fingerprint density at radius 1 is 1.07 bits per heavy atom. The smallest absolute Gasteiger partial charge is 0.106 e. The molecule has 0 amide bonds. The third-order valence-corrected chi connectivity index (χ3v) is 4.17. The molecule has 0 saturated heterocycles. The Bertz CT molecular complexity index is 181. The fourth-order valence-electron chi connectivity index (χ4n) is 3.22. The molecule has 2 fully saturated rings. The molecule has 4 unspecified atom stereocenters. The van der Waals surface area contributed by atoms with Gasteiger partial charge >= 0.3 is 0 Å². The molecule has 0 bridgehead atoms. The molecule has 0 radical (unpaired) electrons. The largest absolute Gasteiger partial charge is 0.365 e. The van der Waals surface area contributed by atoms with Gasteiger partial charge in [0.25, 0.3) is 0 Å². The van der Waals surface area contributed by atoms with Crippen molar-refractivity contribution in [2.75, 3.05) is 0 Å². The Balaban J connectivity index is 1.83. The van der Waals surface area contributed by atoms with E-state index in [1.165, 1.54) is 44.9 Å². The van der Waals surface area contributed by atoms with Gasteiger partial charge in [0, 0.05) is 0 Å². The summed E-state index contributed by atoms with van der Waals surface area (Å²) in [7, 11) is 0. The lowest BCUT2D eigenvalue weighted by molar-refractivity contribution is -0.0138. The minimum Gasteiger partial charge on any atom is -0.365 e. The first kappa shape index (κ1) is 11.2. The molecule has 2 aliphatic carbocycles. The van der Waals surface area contributed by atoms with E-state index in [-0.39, 0.29) is 0 Å². The summed E-state index contributed by atoms with van der Waals surface area (Å²) in [5.74, 6) is 2.05. The van der Waals surface area contributed by atoms with Gasteiger partial charge in [-0.15, -0.1) is 0 Å². The predicted molar refractivity (Wildman–Crippen MR) is 67.7 cm³/mol. The van der Waals surface area contributed by atoms with Crippen LogP contribution >= 0.6 is 22.6 Å². The van der Waals surface area contributed by atoms with Crippen LogP contribution in [-0.2, 0) is 4.74 Å². The van der Waals surface area contributed by atoms with E-state index < -0.39 is 0 Å². The number of ether oxygens (including phenoxy) is 1. The monoisotopic (exact) mass is 308 g/mol. The summed E-state index contributed by atoms with van der Waals surface area (Å²) in [5, 5.41) is 0. The molecule has 2 saturated carbocycles. The summed E-state index contributed by atoms with van der Waals surface area (Å²) in [6.45, 7) is 2.15. The third kappa shape index (κ3) is 2.84. The Labute approximate surface area is 101 Å². The molecule has 0 aromatic heterocycles. The molecule has 0 spiro atoms. The molecule has 0 heterocycles. The summed E-state index contributed by atoms with van der Waals surface area (Å²) in [4.78, 5) is 0. The van der Waals surface area contributed by atoms with E-state index in [1.807, 2.05) is 0 Å². The minimum atomic E-state index is 0.387. The van der Waals surface area contributed by atoms with E-state index >= 15 is 0 Å². The standard InChI is InChI=1S/C12H21IO/c1-9(13)14-12-7-6-10-4-2-3-5-11(10)8-12/h9-12H,2-8H2,1H3. The maximum Gasteiger partial charge on any atom is 0.106 e. The highest BCUT2D eigenvalue weighted by Crippen LogP contribution is 2.41. The lowest BCUT2D eigenvalue weighted by Crippen LogP contribution is -2.32. The van der Waals surface area contributed by atoms with Crippen molar-refractivity contribution in [2.24, 2.45) is 11.8 Å². The van der Waals surface area contributed by atoms with Gasteiger partial charge in [0.15, 0.2) is 0 Å². The van der Waals surface area contributed by atoms with Gasteiger partial charge in [-0.05, 0) is 38.0 Å². The molecule has 14 heavy (non-hydrogen) atoms. The van der Waals surface area contributed by atoms with Crippen molar-refractivity contribution in [2.45, 2.75) is 62.1 Å². The number of rotatable bonds is 2. The van der Waals surface area contributed by atoms with E-state index in [1.54, 1.807) is 0 Å². The van der Waals surface area contributed by atoms with Crippen LogP contribution in [0.5, 0.6) is 0 Å². The Kier molecular flexibility index (Phi) is 4.11. The number of hydrogen-bond acceptors (Lipinski definition) is 1. The first-order chi connectivity index (χ1) is 6.75. The van der Waals surface area contributed by atoms with Crippen LogP contribution in [-0.4, -0.2) is 10.2 Å². The van der Waals surface area contributed by atoms with Gasteiger partial charge in [0.1, 0.15) is 4.11 Å². The fraction of sp³-hybridized carbons (Fsp3) is 1.00. The Hall–Kier alpha value is 0.690. The van der Waals surface area contributed by atoms with Crippen molar-refractivity contribution in [1.82, 2.24) is 0 Å². The Morgan fingerprint density at radius 3 is 2.50 bits per heavy atom. The van der Waals surface area contributed by atoms with Crippen molar-refractivity contribution in [3.8, 4) is 0 Å². The quantitative estimate of drug-likeness (QED) is 0.550. The highest BCUT2D eigenvalue weighted by Gasteiger charge is 2.32. The molecule has 2 rings (SSSR count). The third-order valence-electron chi connectivity index (χ3n) is 3.87. The van der Waals surface area contributed by atoms with Gasteiger partial charge in [0.05, 0.1) is 6.10 Å². The van der Waals surface area contributed by atoms with E-state index in [4.69, 9.17) is 4.74 Å². The van der Waals surface area contributed by atoms with Crippen LogP contribution in [0.2, 0.25) is 0 Å². The van der Waals surface area contributed by atoms with Crippen molar-refractivity contribution < 1.29 is 4.74 Å². The van der Waals surface area contributed by atoms with Gasteiger partial charge in [-0.25, -0.2) is 0 Å². The summed E-state index contributed by atoms with van der Waals surface area (Å²) in [6.07, 6.45) is 10.6. The molecule has 0 aliphatic heterocycles.